The molecule has 0 unspecified atom stereocenters. The minimum Gasteiger partial charge on any atom is -0.493 e. The highest BCUT2D eigenvalue weighted by Gasteiger charge is 2.43. The number of fused-ring (bicyclic) bond motifs is 1. The molecule has 0 saturated carbocycles. The second kappa shape index (κ2) is 4.29. The molecular formula is C11H9F6NO. The number of hydrogen-bond donors (Lipinski definition) is 1. The van der Waals surface area contributed by atoms with Gasteiger partial charge in [0.2, 0.25) is 0 Å². The lowest BCUT2D eigenvalue weighted by Gasteiger charge is -2.28. The molecule has 0 radical (unpaired) electrons. The van der Waals surface area contributed by atoms with Gasteiger partial charge in [-0.3, -0.25) is 0 Å². The average molecular weight is 285 g/mol. The van der Waals surface area contributed by atoms with Crippen LogP contribution in [0.1, 0.15) is 29.2 Å². The average Bonchev–Trinajstić information content (AvgIpc) is 2.25. The van der Waals surface area contributed by atoms with E-state index in [-0.39, 0.29) is 13.0 Å². The first-order chi connectivity index (χ1) is 8.62. The van der Waals surface area contributed by atoms with Crippen LogP contribution in [-0.4, -0.2) is 6.61 Å². The standard InChI is InChI=1S/C11H9F6NO/c12-10(13,14)5-1-2-6(11(15,16)17)9-8(5)7(18)3-4-19-9/h1-2,7H,3-4,18H2/t7-/m0/s1. The molecule has 19 heavy (non-hydrogen) atoms. The summed E-state index contributed by atoms with van der Waals surface area (Å²) in [5, 5.41) is 0. The van der Waals surface area contributed by atoms with E-state index in [1.165, 1.54) is 0 Å². The fourth-order valence-corrected chi connectivity index (χ4v) is 2.03. The van der Waals surface area contributed by atoms with E-state index < -0.39 is 40.8 Å². The van der Waals surface area contributed by atoms with E-state index in [1.807, 2.05) is 0 Å². The van der Waals surface area contributed by atoms with Gasteiger partial charge < -0.3 is 10.5 Å². The molecule has 1 atom stereocenters. The largest absolute Gasteiger partial charge is 0.493 e. The third-order valence-corrected chi connectivity index (χ3v) is 2.85. The first-order valence-electron chi connectivity index (χ1n) is 5.32. The molecule has 1 heterocycles. The van der Waals surface area contributed by atoms with Crippen LogP contribution < -0.4 is 10.5 Å². The lowest BCUT2D eigenvalue weighted by molar-refractivity contribution is -0.143. The van der Waals surface area contributed by atoms with Crippen molar-refractivity contribution in [2.24, 2.45) is 5.73 Å². The van der Waals surface area contributed by atoms with Crippen LogP contribution in [0.3, 0.4) is 0 Å². The van der Waals surface area contributed by atoms with Crippen LogP contribution in [0.5, 0.6) is 5.75 Å². The zero-order valence-electron chi connectivity index (χ0n) is 9.40. The molecule has 1 aromatic carbocycles. The van der Waals surface area contributed by atoms with E-state index in [2.05, 4.69) is 0 Å². The summed E-state index contributed by atoms with van der Waals surface area (Å²) in [7, 11) is 0. The molecule has 0 aliphatic carbocycles. The van der Waals surface area contributed by atoms with Gasteiger partial charge in [0.25, 0.3) is 0 Å². The van der Waals surface area contributed by atoms with E-state index in [9.17, 15) is 26.3 Å². The van der Waals surface area contributed by atoms with Crippen LogP contribution in [-0.2, 0) is 12.4 Å². The Kier molecular flexibility index (Phi) is 3.16. The van der Waals surface area contributed by atoms with Gasteiger partial charge in [-0.15, -0.1) is 0 Å². The highest BCUT2D eigenvalue weighted by atomic mass is 19.4. The van der Waals surface area contributed by atoms with Crippen molar-refractivity contribution in [1.29, 1.82) is 0 Å². The predicted octanol–water partition coefficient (Wildman–Crippen LogP) is 3.51. The molecule has 0 bridgehead atoms. The maximum absolute atomic E-state index is 12.8. The summed E-state index contributed by atoms with van der Waals surface area (Å²) in [6, 6.07) is -0.349. The fraction of sp³-hybridized carbons (Fsp3) is 0.455. The van der Waals surface area contributed by atoms with Crippen molar-refractivity contribution >= 4 is 0 Å². The molecule has 2 N–H and O–H groups in total. The lowest BCUT2D eigenvalue weighted by atomic mass is 9.92. The van der Waals surface area contributed by atoms with Gasteiger partial charge in [0.15, 0.2) is 0 Å². The second-order valence-electron chi connectivity index (χ2n) is 4.14. The SMILES string of the molecule is N[C@H]1CCOc2c(C(F)(F)F)ccc(C(F)(F)F)c21. The number of alkyl halides is 6. The van der Waals surface area contributed by atoms with Gasteiger partial charge in [0.1, 0.15) is 5.75 Å². The van der Waals surface area contributed by atoms with Gasteiger partial charge in [-0.25, -0.2) is 0 Å². The van der Waals surface area contributed by atoms with Crippen LogP contribution >= 0.6 is 0 Å². The Labute approximate surface area is 104 Å². The number of rotatable bonds is 0. The molecule has 2 rings (SSSR count). The molecule has 2 nitrogen and oxygen atoms in total. The van der Waals surface area contributed by atoms with Crippen molar-refractivity contribution in [3.05, 3.63) is 28.8 Å². The Morgan fingerprint density at radius 1 is 1.00 bits per heavy atom. The Bertz CT molecular complexity index is 493. The summed E-state index contributed by atoms with van der Waals surface area (Å²) in [4.78, 5) is 0. The van der Waals surface area contributed by atoms with Gasteiger partial charge >= 0.3 is 12.4 Å². The lowest BCUT2D eigenvalue weighted by Crippen LogP contribution is -2.27. The maximum Gasteiger partial charge on any atom is 0.419 e. The van der Waals surface area contributed by atoms with Crippen molar-refractivity contribution in [3.8, 4) is 5.75 Å². The van der Waals surface area contributed by atoms with Gasteiger partial charge in [-0.1, -0.05) is 0 Å². The van der Waals surface area contributed by atoms with Crippen LogP contribution in [0.2, 0.25) is 0 Å². The summed E-state index contributed by atoms with van der Waals surface area (Å²) < 4.78 is 81.3. The molecule has 106 valence electrons. The first kappa shape index (κ1) is 14.0. The molecule has 0 saturated heterocycles. The second-order valence-corrected chi connectivity index (χ2v) is 4.14. The monoisotopic (exact) mass is 285 g/mol. The zero-order valence-corrected chi connectivity index (χ0v) is 9.40. The summed E-state index contributed by atoms with van der Waals surface area (Å²) >= 11 is 0. The van der Waals surface area contributed by atoms with E-state index in [1.54, 1.807) is 0 Å². The van der Waals surface area contributed by atoms with Crippen molar-refractivity contribution in [1.82, 2.24) is 0 Å². The smallest absolute Gasteiger partial charge is 0.419 e. The normalized spacial score (nSPS) is 19.8. The van der Waals surface area contributed by atoms with Crippen LogP contribution in [0.15, 0.2) is 12.1 Å². The van der Waals surface area contributed by atoms with Gasteiger partial charge in [0, 0.05) is 18.0 Å². The van der Waals surface area contributed by atoms with Gasteiger partial charge in [0.05, 0.1) is 17.7 Å². The highest BCUT2D eigenvalue weighted by Crippen LogP contribution is 2.47. The van der Waals surface area contributed by atoms with Crippen molar-refractivity contribution in [2.75, 3.05) is 6.61 Å². The Morgan fingerprint density at radius 3 is 2.05 bits per heavy atom. The van der Waals surface area contributed by atoms with Crippen molar-refractivity contribution < 1.29 is 31.1 Å². The third kappa shape index (κ3) is 2.49. The molecule has 0 aromatic heterocycles. The topological polar surface area (TPSA) is 35.2 Å². The zero-order chi connectivity index (χ0) is 14.4. The Balaban J connectivity index is 2.71. The predicted molar refractivity (Wildman–Crippen MR) is 53.5 cm³/mol. The summed E-state index contributed by atoms with van der Waals surface area (Å²) in [5.41, 5.74) is 2.48. The fourth-order valence-electron chi connectivity index (χ4n) is 2.03. The van der Waals surface area contributed by atoms with Crippen LogP contribution in [0.4, 0.5) is 26.3 Å². The number of nitrogens with two attached hydrogens (primary N) is 1. The highest BCUT2D eigenvalue weighted by molar-refractivity contribution is 5.51. The molecular weight excluding hydrogens is 276 g/mol. The van der Waals surface area contributed by atoms with Crippen LogP contribution in [0, 0.1) is 0 Å². The van der Waals surface area contributed by atoms with Gasteiger partial charge in [-0.2, -0.15) is 26.3 Å². The van der Waals surface area contributed by atoms with Crippen molar-refractivity contribution in [3.63, 3.8) is 0 Å². The van der Waals surface area contributed by atoms with Crippen LogP contribution in [0.25, 0.3) is 0 Å². The first-order valence-corrected chi connectivity index (χ1v) is 5.32. The minimum absolute atomic E-state index is 0.0391. The van der Waals surface area contributed by atoms with Crippen molar-refractivity contribution in [2.45, 2.75) is 24.8 Å². The van der Waals surface area contributed by atoms with E-state index >= 15 is 0 Å². The number of halogens is 6. The number of ether oxygens (including phenoxy) is 1. The summed E-state index contributed by atoms with van der Waals surface area (Å²) in [6.45, 7) is -0.140. The molecule has 8 heteroatoms. The molecule has 0 fully saturated rings. The van der Waals surface area contributed by atoms with Gasteiger partial charge in [-0.05, 0) is 12.1 Å². The molecule has 0 spiro atoms. The quantitative estimate of drug-likeness (QED) is 0.740. The van der Waals surface area contributed by atoms with E-state index in [4.69, 9.17) is 10.5 Å². The minimum atomic E-state index is -4.79. The van der Waals surface area contributed by atoms with E-state index in [0.717, 1.165) is 0 Å². The maximum atomic E-state index is 12.8. The molecule has 1 aliphatic heterocycles. The number of hydrogen-bond acceptors (Lipinski definition) is 2. The molecule has 1 aromatic rings. The Morgan fingerprint density at radius 2 is 1.53 bits per heavy atom. The molecule has 1 aliphatic rings. The molecule has 0 amide bonds. The summed E-state index contributed by atoms with van der Waals surface area (Å²) in [5.74, 6) is -0.805. The summed E-state index contributed by atoms with van der Waals surface area (Å²) in [6.07, 6.45) is -9.52. The number of benzene rings is 1. The third-order valence-electron chi connectivity index (χ3n) is 2.85. The van der Waals surface area contributed by atoms with E-state index in [0.29, 0.717) is 12.1 Å². The Hall–Kier alpha value is -1.44.